The SMILES string of the molecule is COC(=O)N1CCC(Nc2ccc(I)cc2[N+](=O)[O-])CC1. The van der Waals surface area contributed by atoms with E-state index in [1.54, 1.807) is 17.0 Å². The quantitative estimate of drug-likeness (QED) is 0.475. The molecule has 1 saturated heterocycles. The number of hydrogen-bond acceptors (Lipinski definition) is 5. The lowest BCUT2D eigenvalue weighted by Gasteiger charge is -2.31. The lowest BCUT2D eigenvalue weighted by molar-refractivity contribution is -0.384. The molecule has 0 bridgehead atoms. The van der Waals surface area contributed by atoms with Crippen LogP contribution in [-0.2, 0) is 4.74 Å². The van der Waals surface area contributed by atoms with E-state index in [-0.39, 0.29) is 22.7 Å². The van der Waals surface area contributed by atoms with Gasteiger partial charge in [-0.15, -0.1) is 0 Å². The van der Waals surface area contributed by atoms with Gasteiger partial charge in [0.25, 0.3) is 5.69 Å². The first kappa shape index (κ1) is 15.8. The van der Waals surface area contributed by atoms with Crippen molar-refractivity contribution < 1.29 is 14.5 Å². The van der Waals surface area contributed by atoms with Crippen LogP contribution in [0.5, 0.6) is 0 Å². The number of nitrogens with zero attached hydrogens (tertiary/aromatic N) is 2. The van der Waals surface area contributed by atoms with E-state index in [0.29, 0.717) is 18.8 Å². The lowest BCUT2D eigenvalue weighted by atomic mass is 10.0. The third-order valence-corrected chi connectivity index (χ3v) is 4.11. The summed E-state index contributed by atoms with van der Waals surface area (Å²) in [6.07, 6.45) is 1.14. The minimum Gasteiger partial charge on any atom is -0.453 e. The number of nitrogens with one attached hydrogen (secondary N) is 1. The predicted octanol–water partition coefficient (Wildman–Crippen LogP) is 2.84. The second kappa shape index (κ2) is 6.92. The molecule has 0 spiro atoms. The molecule has 0 atom stereocenters. The fourth-order valence-corrected chi connectivity index (χ4v) is 2.81. The van der Waals surface area contributed by atoms with Crippen LogP contribution in [0.2, 0.25) is 0 Å². The first-order chi connectivity index (χ1) is 10.0. The number of carbonyl (C=O) groups is 1. The molecule has 2 rings (SSSR count). The summed E-state index contributed by atoms with van der Waals surface area (Å²) in [5.41, 5.74) is 0.606. The lowest BCUT2D eigenvalue weighted by Crippen LogP contribution is -2.42. The monoisotopic (exact) mass is 405 g/mol. The molecule has 114 valence electrons. The summed E-state index contributed by atoms with van der Waals surface area (Å²) in [7, 11) is 1.36. The number of nitro groups is 1. The Hall–Kier alpha value is -1.58. The number of ether oxygens (including phenoxy) is 1. The molecule has 1 aromatic rings. The van der Waals surface area contributed by atoms with Gasteiger partial charge in [0.1, 0.15) is 5.69 Å². The Kier molecular flexibility index (Phi) is 5.21. The first-order valence-electron chi connectivity index (χ1n) is 6.54. The highest BCUT2D eigenvalue weighted by Crippen LogP contribution is 2.28. The van der Waals surface area contributed by atoms with Gasteiger partial charge < -0.3 is 15.0 Å². The van der Waals surface area contributed by atoms with Gasteiger partial charge in [-0.05, 0) is 47.6 Å². The molecule has 0 radical (unpaired) electrons. The van der Waals surface area contributed by atoms with Crippen LogP contribution in [-0.4, -0.2) is 42.2 Å². The van der Waals surface area contributed by atoms with Crippen molar-refractivity contribution in [2.45, 2.75) is 18.9 Å². The Morgan fingerprint density at radius 1 is 1.48 bits per heavy atom. The van der Waals surface area contributed by atoms with Gasteiger partial charge in [0, 0.05) is 28.8 Å². The second-order valence-corrected chi connectivity index (χ2v) is 6.04. The number of benzene rings is 1. The van der Waals surface area contributed by atoms with Gasteiger partial charge in [-0.1, -0.05) is 0 Å². The molecule has 1 heterocycles. The fourth-order valence-electron chi connectivity index (χ4n) is 2.33. The molecule has 8 heteroatoms. The van der Waals surface area contributed by atoms with Gasteiger partial charge in [-0.3, -0.25) is 10.1 Å². The maximum absolute atomic E-state index is 11.4. The number of methoxy groups -OCH3 is 1. The van der Waals surface area contributed by atoms with Crippen LogP contribution in [0.1, 0.15) is 12.8 Å². The largest absolute Gasteiger partial charge is 0.453 e. The second-order valence-electron chi connectivity index (χ2n) is 4.79. The van der Waals surface area contributed by atoms with Crippen LogP contribution in [0.25, 0.3) is 0 Å². The average molecular weight is 405 g/mol. The molecule has 0 aliphatic carbocycles. The summed E-state index contributed by atoms with van der Waals surface area (Å²) in [5, 5.41) is 14.3. The van der Waals surface area contributed by atoms with Gasteiger partial charge >= 0.3 is 6.09 Å². The molecule has 1 aliphatic heterocycles. The van der Waals surface area contributed by atoms with Gasteiger partial charge in [0.2, 0.25) is 0 Å². The van der Waals surface area contributed by atoms with Crippen LogP contribution in [0.15, 0.2) is 18.2 Å². The number of carbonyl (C=O) groups excluding carboxylic acids is 1. The third-order valence-electron chi connectivity index (χ3n) is 3.44. The van der Waals surface area contributed by atoms with Crippen molar-refractivity contribution in [2.75, 3.05) is 25.5 Å². The number of hydrogen-bond donors (Lipinski definition) is 1. The van der Waals surface area contributed by atoms with Crippen LogP contribution in [0, 0.1) is 13.7 Å². The van der Waals surface area contributed by atoms with E-state index in [2.05, 4.69) is 32.6 Å². The molecule has 1 N–H and O–H groups in total. The smallest absolute Gasteiger partial charge is 0.409 e. The molecule has 0 unspecified atom stereocenters. The molecule has 0 saturated carbocycles. The van der Waals surface area contributed by atoms with Crippen molar-refractivity contribution >= 4 is 40.1 Å². The molecular formula is C13H16IN3O4. The zero-order chi connectivity index (χ0) is 15.4. The van der Waals surface area contributed by atoms with E-state index in [0.717, 1.165) is 16.4 Å². The van der Waals surface area contributed by atoms with Gasteiger partial charge in [-0.2, -0.15) is 0 Å². The van der Waals surface area contributed by atoms with E-state index in [4.69, 9.17) is 0 Å². The van der Waals surface area contributed by atoms with E-state index in [9.17, 15) is 14.9 Å². The van der Waals surface area contributed by atoms with E-state index >= 15 is 0 Å². The first-order valence-corrected chi connectivity index (χ1v) is 7.62. The fraction of sp³-hybridized carbons (Fsp3) is 0.462. The topological polar surface area (TPSA) is 84.7 Å². The van der Waals surface area contributed by atoms with Gasteiger partial charge in [0.15, 0.2) is 0 Å². The predicted molar refractivity (Wildman–Crippen MR) is 86.4 cm³/mol. The minimum absolute atomic E-state index is 0.0808. The van der Waals surface area contributed by atoms with E-state index in [1.165, 1.54) is 7.11 Å². The number of rotatable bonds is 3. The van der Waals surface area contributed by atoms with Crippen LogP contribution in [0.3, 0.4) is 0 Å². The highest BCUT2D eigenvalue weighted by atomic mass is 127. The van der Waals surface area contributed by atoms with Gasteiger partial charge in [-0.25, -0.2) is 4.79 Å². The minimum atomic E-state index is -0.381. The van der Waals surface area contributed by atoms with Crippen LogP contribution in [0.4, 0.5) is 16.2 Å². The Morgan fingerprint density at radius 2 is 2.14 bits per heavy atom. The summed E-state index contributed by atoms with van der Waals surface area (Å²) in [5.74, 6) is 0. The number of halogens is 1. The maximum atomic E-state index is 11.4. The molecule has 0 aromatic heterocycles. The molecular weight excluding hydrogens is 389 g/mol. The zero-order valence-corrected chi connectivity index (χ0v) is 13.7. The van der Waals surface area contributed by atoms with Crippen molar-refractivity contribution in [3.8, 4) is 0 Å². The molecule has 1 fully saturated rings. The summed E-state index contributed by atoms with van der Waals surface area (Å²) >= 11 is 2.05. The number of amides is 1. The number of nitro benzene ring substituents is 1. The van der Waals surface area contributed by atoms with Crippen molar-refractivity contribution in [1.82, 2.24) is 4.90 Å². The number of anilines is 1. The van der Waals surface area contributed by atoms with Crippen LogP contribution >= 0.6 is 22.6 Å². The standard InChI is InChI=1S/C13H16IN3O4/c1-21-13(18)16-6-4-10(5-7-16)15-11-3-2-9(14)8-12(11)17(19)20/h2-3,8,10,15H,4-7H2,1H3. The van der Waals surface area contributed by atoms with Crippen LogP contribution < -0.4 is 5.32 Å². The highest BCUT2D eigenvalue weighted by molar-refractivity contribution is 14.1. The molecule has 1 aliphatic rings. The Bertz CT molecular complexity index is 544. The number of likely N-dealkylation sites (tertiary alicyclic amines) is 1. The average Bonchev–Trinajstić information content (AvgIpc) is 2.49. The Labute approximate surface area is 135 Å². The molecule has 1 amide bonds. The van der Waals surface area contributed by atoms with Crippen molar-refractivity contribution in [3.63, 3.8) is 0 Å². The summed E-state index contributed by atoms with van der Waals surface area (Å²) in [6.45, 7) is 1.17. The van der Waals surface area contributed by atoms with Crippen molar-refractivity contribution in [1.29, 1.82) is 0 Å². The third kappa shape index (κ3) is 3.96. The van der Waals surface area contributed by atoms with E-state index < -0.39 is 0 Å². The van der Waals surface area contributed by atoms with Crippen molar-refractivity contribution in [2.24, 2.45) is 0 Å². The molecule has 7 nitrogen and oxygen atoms in total. The van der Waals surface area contributed by atoms with Crippen molar-refractivity contribution in [3.05, 3.63) is 31.9 Å². The molecule has 1 aromatic carbocycles. The number of piperidine rings is 1. The summed E-state index contributed by atoms with van der Waals surface area (Å²) < 4.78 is 5.51. The zero-order valence-electron chi connectivity index (χ0n) is 11.5. The summed E-state index contributed by atoms with van der Waals surface area (Å²) in [6, 6.07) is 5.23. The molecule has 21 heavy (non-hydrogen) atoms. The van der Waals surface area contributed by atoms with E-state index in [1.807, 2.05) is 6.07 Å². The Morgan fingerprint density at radius 3 is 2.71 bits per heavy atom. The van der Waals surface area contributed by atoms with Gasteiger partial charge in [0.05, 0.1) is 12.0 Å². The maximum Gasteiger partial charge on any atom is 0.409 e. The summed E-state index contributed by atoms with van der Waals surface area (Å²) in [4.78, 5) is 23.8. The normalized spacial score (nSPS) is 15.6. The Balaban J connectivity index is 2.01. The highest BCUT2D eigenvalue weighted by Gasteiger charge is 2.25.